The van der Waals surface area contributed by atoms with Gasteiger partial charge in [-0.3, -0.25) is 4.90 Å². The fraction of sp³-hybridized carbons (Fsp3) is 0.350. The molecule has 0 bridgehead atoms. The molecule has 1 amide bonds. The molecule has 0 aromatic heterocycles. The normalized spacial score (nSPS) is 18.0. The smallest absolute Gasteiger partial charge is 0.664 e. The minimum absolute atomic E-state index is 0. The van der Waals surface area contributed by atoms with Gasteiger partial charge in [-0.2, -0.15) is 0 Å². The first-order valence-electron chi connectivity index (χ1n) is 8.69. The van der Waals surface area contributed by atoms with Crippen LogP contribution in [0.15, 0.2) is 48.5 Å². The van der Waals surface area contributed by atoms with E-state index in [0.29, 0.717) is 11.6 Å². The average Bonchev–Trinajstić information content (AvgIpc) is 3.04. The molecule has 0 spiro atoms. The summed E-state index contributed by atoms with van der Waals surface area (Å²) in [7, 11) is 1.98. The Labute approximate surface area is 198 Å². The molecule has 0 radical (unpaired) electrons. The topological polar surface area (TPSA) is 67.6 Å². The maximum absolute atomic E-state index is 11.3. The summed E-state index contributed by atoms with van der Waals surface area (Å²) in [6.07, 6.45) is 0.536. The van der Waals surface area contributed by atoms with Gasteiger partial charge in [0, 0.05) is 32.2 Å². The van der Waals surface area contributed by atoms with Crippen LogP contribution in [0, 0.1) is 41.3 Å². The van der Waals surface area contributed by atoms with Gasteiger partial charge in [0.1, 0.15) is 0 Å². The molecule has 2 unspecified atom stereocenters. The van der Waals surface area contributed by atoms with E-state index in [0.717, 1.165) is 30.8 Å². The van der Waals surface area contributed by atoms with Crippen LogP contribution in [0.5, 0.6) is 0 Å². The number of carbonyl (C=O) groups is 1. The molecule has 2 aromatic carbocycles. The van der Waals surface area contributed by atoms with Gasteiger partial charge in [-0.1, -0.05) is 48.0 Å². The summed E-state index contributed by atoms with van der Waals surface area (Å²) in [5.74, 6) is -0.744. The maximum atomic E-state index is 11.3. The number of halogens is 1. The predicted molar refractivity (Wildman–Crippen MR) is 105 cm³/mol. The van der Waals surface area contributed by atoms with Gasteiger partial charge in [0.05, 0.1) is 28.8 Å². The van der Waals surface area contributed by atoms with Gasteiger partial charge in [-0.25, -0.2) is 0 Å². The second-order valence-electron chi connectivity index (χ2n) is 6.73. The molecule has 1 aliphatic heterocycles. The zero-order chi connectivity index (χ0) is 18.7. The number of rotatable bonds is 6. The number of anilines is 1. The minimum atomic E-state index is -0.744. The monoisotopic (exact) mass is 513 g/mol. The van der Waals surface area contributed by atoms with Crippen molar-refractivity contribution >= 4 is 23.2 Å². The van der Waals surface area contributed by atoms with Gasteiger partial charge in [-0.05, 0) is 24.1 Å². The Morgan fingerprint density at radius 1 is 1.33 bits per heavy atom. The van der Waals surface area contributed by atoms with Crippen molar-refractivity contribution in [2.24, 2.45) is 0 Å². The molecule has 138 valence electrons. The Kier molecular flexibility index (Phi) is 8.50. The fourth-order valence-electron chi connectivity index (χ4n) is 3.45. The first-order valence-corrected chi connectivity index (χ1v) is 9.07. The summed E-state index contributed by atoms with van der Waals surface area (Å²) in [6, 6.07) is 15.2. The molecule has 7 heteroatoms. The van der Waals surface area contributed by atoms with Crippen LogP contribution in [0.4, 0.5) is 5.69 Å². The molecule has 3 rings (SSSR count). The molecule has 2 aromatic rings. The van der Waals surface area contributed by atoms with Crippen LogP contribution >= 0.6 is 11.6 Å². The van der Waals surface area contributed by atoms with Crippen LogP contribution in [0.2, 0.25) is 5.02 Å². The van der Waals surface area contributed by atoms with Crippen LogP contribution in [0.25, 0.3) is 5.73 Å². The molecule has 1 saturated heterocycles. The van der Waals surface area contributed by atoms with Crippen LogP contribution < -0.4 is 4.90 Å². The van der Waals surface area contributed by atoms with Crippen LogP contribution in [-0.2, 0) is 0 Å². The molecule has 1 fully saturated rings. The van der Waals surface area contributed by atoms with E-state index in [9.17, 15) is 9.90 Å². The molecule has 2 atom stereocenters. The van der Waals surface area contributed by atoms with E-state index < -0.39 is 5.91 Å². The second kappa shape index (κ2) is 10.2. The summed E-state index contributed by atoms with van der Waals surface area (Å²) in [5.41, 5.74) is 9.49. The zero-order valence-electron chi connectivity index (χ0n) is 15.3. The number of carbonyl (C=O) groups excluding carboxylic acids is 1. The van der Waals surface area contributed by atoms with Crippen LogP contribution in [-0.4, -0.2) is 48.7 Å². The second-order valence-corrected chi connectivity index (χ2v) is 7.14. The van der Waals surface area contributed by atoms with Crippen LogP contribution in [0.1, 0.15) is 28.4 Å². The number of nitrogens with one attached hydrogen (secondary N) is 1. The molecule has 5 nitrogen and oxygen atoms in total. The summed E-state index contributed by atoms with van der Waals surface area (Å²) >= 11 is 6.41. The van der Waals surface area contributed by atoms with Crippen molar-refractivity contribution in [1.29, 1.82) is 0 Å². The minimum Gasteiger partial charge on any atom is -0.664 e. The van der Waals surface area contributed by atoms with Gasteiger partial charge in [-0.15, -0.1) is 0 Å². The van der Waals surface area contributed by atoms with E-state index in [1.54, 1.807) is 18.2 Å². The third kappa shape index (κ3) is 5.64. The Morgan fingerprint density at radius 3 is 2.59 bits per heavy atom. The molecule has 1 aliphatic rings. The number of amides is 1. The number of likely N-dealkylation sites (N-methyl/N-ethyl adjacent to an activating group) is 1. The summed E-state index contributed by atoms with van der Waals surface area (Å²) in [6.45, 7) is 2.32. The van der Waals surface area contributed by atoms with Crippen molar-refractivity contribution < 1.29 is 51.2 Å². The molecular weight excluding hydrogens is 491 g/mol. The van der Waals surface area contributed by atoms with Crippen molar-refractivity contribution in [2.45, 2.75) is 18.6 Å². The molecule has 27 heavy (non-hydrogen) atoms. The Balaban J connectivity index is 0.00000261. The molecule has 1 heterocycles. The number of nitrogens with zero attached hydrogens (tertiary/aromatic N) is 2. The standard InChI is InChI=1S/C20H24ClN3O2.Pr/c1-23(18-8-7-15(20(22)26)11-17(18)21)19(14-5-3-2-4-6-14)13-24-10-9-16(25)12-24;/h2-8,11,16,19,25H,9-10,12-13H2,1H3,(H2,22,26);/q;+3/p-1. The van der Waals surface area contributed by atoms with E-state index in [4.69, 9.17) is 17.3 Å². The average molecular weight is 514 g/mol. The van der Waals surface area contributed by atoms with Gasteiger partial charge in [0.25, 0.3) is 0 Å². The molecule has 0 saturated carbocycles. The summed E-state index contributed by atoms with van der Waals surface area (Å²) in [5, 5.41) is 10.3. The van der Waals surface area contributed by atoms with Gasteiger partial charge >= 0.3 is 41.3 Å². The Morgan fingerprint density at radius 2 is 2.04 bits per heavy atom. The van der Waals surface area contributed by atoms with Crippen molar-refractivity contribution in [2.75, 3.05) is 31.6 Å². The van der Waals surface area contributed by atoms with E-state index in [-0.39, 0.29) is 59.0 Å². The van der Waals surface area contributed by atoms with Crippen molar-refractivity contribution in [3.05, 3.63) is 70.4 Å². The number of aliphatic hydroxyl groups excluding tert-OH is 1. The van der Waals surface area contributed by atoms with Crippen molar-refractivity contribution in [3.63, 3.8) is 0 Å². The van der Waals surface area contributed by atoms with Gasteiger partial charge in [0.2, 0.25) is 0 Å². The quantitative estimate of drug-likeness (QED) is 0.638. The zero-order valence-corrected chi connectivity index (χ0v) is 19.8. The Hall–Kier alpha value is -0.716. The third-order valence-corrected chi connectivity index (χ3v) is 5.22. The molecular formula is C20H23ClN3O2Pr+2. The maximum Gasteiger partial charge on any atom is 3.00 e. The third-order valence-electron chi connectivity index (χ3n) is 4.92. The number of β-amino-alcohol motifs (C(OH)–C–C–N with tert-alkyl or cyclic N) is 1. The largest absolute Gasteiger partial charge is 3.00 e. The number of benzene rings is 2. The first kappa shape index (κ1) is 22.6. The number of likely N-dealkylation sites (tertiary alicyclic amines) is 1. The van der Waals surface area contributed by atoms with Crippen molar-refractivity contribution in [3.8, 4) is 0 Å². The summed E-state index contributed by atoms with van der Waals surface area (Å²) < 4.78 is 0. The summed E-state index contributed by atoms with van der Waals surface area (Å²) in [4.78, 5) is 15.6. The molecule has 0 aliphatic carbocycles. The first-order chi connectivity index (χ1) is 12.5. The number of aliphatic hydroxyl groups is 1. The predicted octanol–water partition coefficient (Wildman–Crippen LogP) is 3.78. The van der Waals surface area contributed by atoms with Crippen LogP contribution in [0.3, 0.4) is 0 Å². The van der Waals surface area contributed by atoms with E-state index in [2.05, 4.69) is 21.9 Å². The van der Waals surface area contributed by atoms with Gasteiger partial charge < -0.3 is 20.5 Å². The van der Waals surface area contributed by atoms with E-state index in [1.807, 2.05) is 25.2 Å². The molecule has 2 N–H and O–H groups in total. The van der Waals surface area contributed by atoms with E-state index >= 15 is 0 Å². The van der Waals surface area contributed by atoms with Gasteiger partial charge in [0.15, 0.2) is 0 Å². The van der Waals surface area contributed by atoms with Crippen molar-refractivity contribution in [1.82, 2.24) is 4.90 Å². The number of hydrogen-bond acceptors (Lipinski definition) is 4. The fourth-order valence-corrected chi connectivity index (χ4v) is 3.77. The Bertz CT molecular complexity index is 775. The SMILES string of the molecule is CN(c1ccc(C([NH-])=O)cc1Cl)C(CN1CCC(O)C1)c1ccccc1.[Pr+3]. The number of hydrogen-bond donors (Lipinski definition) is 1. The van der Waals surface area contributed by atoms with E-state index in [1.165, 1.54) is 0 Å².